The molecule has 3 rings (SSSR count). The minimum Gasteiger partial charge on any atom is -0.451 e. The minimum absolute atomic E-state index is 0.231. The molecule has 3 aromatic rings. The Morgan fingerprint density at radius 3 is 2.95 bits per heavy atom. The lowest BCUT2D eigenvalue weighted by Crippen LogP contribution is -2.16. The van der Waals surface area contributed by atoms with Gasteiger partial charge in [-0.2, -0.15) is 5.10 Å². The number of hydrogen-bond acceptors (Lipinski definition) is 4. The van der Waals surface area contributed by atoms with Crippen molar-refractivity contribution in [3.05, 3.63) is 66.2 Å². The molecular formula is C15H11N3O2. The Morgan fingerprint density at radius 1 is 1.25 bits per heavy atom. The molecule has 2 heterocycles. The Balaban J connectivity index is 1.71. The van der Waals surface area contributed by atoms with Gasteiger partial charge in [-0.1, -0.05) is 24.3 Å². The average Bonchev–Trinajstić information content (AvgIpc) is 2.92. The lowest BCUT2D eigenvalue weighted by molar-refractivity contribution is 0.0929. The van der Waals surface area contributed by atoms with E-state index >= 15 is 0 Å². The van der Waals surface area contributed by atoms with E-state index in [0.29, 0.717) is 5.58 Å². The summed E-state index contributed by atoms with van der Waals surface area (Å²) in [7, 11) is 0. The molecule has 0 aliphatic rings. The van der Waals surface area contributed by atoms with E-state index in [0.717, 1.165) is 10.9 Å². The van der Waals surface area contributed by atoms with Gasteiger partial charge in [0.25, 0.3) is 0 Å². The second-order valence-electron chi connectivity index (χ2n) is 4.13. The number of hydrazone groups is 1. The van der Waals surface area contributed by atoms with Crippen molar-refractivity contribution in [3.8, 4) is 0 Å². The molecule has 0 aliphatic heterocycles. The highest BCUT2D eigenvalue weighted by Crippen LogP contribution is 2.18. The van der Waals surface area contributed by atoms with Gasteiger partial charge in [0.1, 0.15) is 5.58 Å². The van der Waals surface area contributed by atoms with Crippen molar-refractivity contribution in [1.29, 1.82) is 0 Å². The SMILES string of the molecule is O=C(N/N=C\c1cccnc1)c1cc2ccccc2o1. The number of amides is 1. The number of para-hydroxylation sites is 1. The zero-order chi connectivity index (χ0) is 13.8. The van der Waals surface area contributed by atoms with Crippen LogP contribution in [0.25, 0.3) is 11.0 Å². The molecule has 20 heavy (non-hydrogen) atoms. The molecule has 1 amide bonds. The molecule has 0 bridgehead atoms. The van der Waals surface area contributed by atoms with E-state index in [1.54, 1.807) is 24.5 Å². The third-order valence-corrected chi connectivity index (χ3v) is 2.71. The monoisotopic (exact) mass is 265 g/mol. The van der Waals surface area contributed by atoms with Crippen molar-refractivity contribution in [3.63, 3.8) is 0 Å². The van der Waals surface area contributed by atoms with Gasteiger partial charge in [-0.3, -0.25) is 9.78 Å². The van der Waals surface area contributed by atoms with E-state index in [-0.39, 0.29) is 11.7 Å². The van der Waals surface area contributed by atoms with Gasteiger partial charge >= 0.3 is 5.91 Å². The largest absolute Gasteiger partial charge is 0.451 e. The third-order valence-electron chi connectivity index (χ3n) is 2.71. The van der Waals surface area contributed by atoms with Crippen LogP contribution in [0.2, 0.25) is 0 Å². The number of aromatic nitrogens is 1. The first-order chi connectivity index (χ1) is 9.83. The van der Waals surface area contributed by atoms with Gasteiger partial charge in [-0.25, -0.2) is 5.43 Å². The molecule has 0 aliphatic carbocycles. The number of fused-ring (bicyclic) bond motifs is 1. The zero-order valence-electron chi connectivity index (χ0n) is 10.5. The van der Waals surface area contributed by atoms with Crippen LogP contribution in [0.15, 0.2) is 64.4 Å². The first kappa shape index (κ1) is 12.1. The van der Waals surface area contributed by atoms with Crippen molar-refractivity contribution in [2.75, 3.05) is 0 Å². The normalized spacial score (nSPS) is 11.0. The molecule has 0 saturated heterocycles. The lowest BCUT2D eigenvalue weighted by atomic mass is 10.2. The first-order valence-corrected chi connectivity index (χ1v) is 6.05. The van der Waals surface area contributed by atoms with E-state index in [1.807, 2.05) is 30.3 Å². The number of furan rings is 1. The second kappa shape index (κ2) is 5.36. The van der Waals surface area contributed by atoms with Gasteiger partial charge in [-0.05, 0) is 18.2 Å². The Bertz CT molecular complexity index is 730. The van der Waals surface area contributed by atoms with E-state index in [9.17, 15) is 4.79 Å². The third kappa shape index (κ3) is 2.56. The topological polar surface area (TPSA) is 67.5 Å². The molecule has 98 valence electrons. The molecular weight excluding hydrogens is 254 g/mol. The van der Waals surface area contributed by atoms with Crippen molar-refractivity contribution < 1.29 is 9.21 Å². The Labute approximate surface area is 114 Å². The summed E-state index contributed by atoms with van der Waals surface area (Å²) in [6, 6.07) is 12.8. The van der Waals surface area contributed by atoms with E-state index < -0.39 is 0 Å². The summed E-state index contributed by atoms with van der Waals surface area (Å²) < 4.78 is 5.43. The highest BCUT2D eigenvalue weighted by molar-refractivity contribution is 5.96. The molecule has 0 atom stereocenters. The molecule has 0 spiro atoms. The summed E-state index contributed by atoms with van der Waals surface area (Å²) in [6.45, 7) is 0. The number of rotatable bonds is 3. The summed E-state index contributed by atoms with van der Waals surface area (Å²) in [6.07, 6.45) is 4.84. The summed E-state index contributed by atoms with van der Waals surface area (Å²) in [5.74, 6) is -0.157. The van der Waals surface area contributed by atoms with Gasteiger partial charge in [-0.15, -0.1) is 0 Å². The molecule has 1 N–H and O–H groups in total. The van der Waals surface area contributed by atoms with Crippen LogP contribution in [0, 0.1) is 0 Å². The highest BCUT2D eigenvalue weighted by Gasteiger charge is 2.10. The number of pyridine rings is 1. The number of hydrogen-bond donors (Lipinski definition) is 1. The number of carbonyl (C=O) groups is 1. The second-order valence-corrected chi connectivity index (χ2v) is 4.13. The van der Waals surface area contributed by atoms with Crippen LogP contribution in [0.3, 0.4) is 0 Å². The average molecular weight is 265 g/mol. The van der Waals surface area contributed by atoms with E-state index in [1.165, 1.54) is 6.21 Å². The van der Waals surface area contributed by atoms with Crippen LogP contribution in [0.1, 0.15) is 16.1 Å². The molecule has 0 saturated carbocycles. The van der Waals surface area contributed by atoms with Gasteiger partial charge in [0.05, 0.1) is 6.21 Å². The van der Waals surface area contributed by atoms with Gasteiger partial charge < -0.3 is 4.42 Å². The van der Waals surface area contributed by atoms with Gasteiger partial charge in [0.15, 0.2) is 5.76 Å². The lowest BCUT2D eigenvalue weighted by Gasteiger charge is -1.94. The quantitative estimate of drug-likeness (QED) is 0.584. The molecule has 0 unspecified atom stereocenters. The number of nitrogens with one attached hydrogen (secondary N) is 1. The Hall–Kier alpha value is -2.95. The maximum absolute atomic E-state index is 11.9. The Morgan fingerprint density at radius 2 is 2.15 bits per heavy atom. The maximum atomic E-state index is 11.9. The van der Waals surface area contributed by atoms with Gasteiger partial charge in [0, 0.05) is 23.3 Å². The molecule has 1 aromatic carbocycles. The fraction of sp³-hybridized carbons (Fsp3) is 0. The van der Waals surface area contributed by atoms with Crippen LogP contribution in [-0.4, -0.2) is 17.1 Å². The fourth-order valence-electron chi connectivity index (χ4n) is 1.77. The highest BCUT2D eigenvalue weighted by atomic mass is 16.3. The van der Waals surface area contributed by atoms with Gasteiger partial charge in [0.2, 0.25) is 0 Å². The van der Waals surface area contributed by atoms with Crippen molar-refractivity contribution in [1.82, 2.24) is 10.4 Å². The van der Waals surface area contributed by atoms with Crippen molar-refractivity contribution in [2.24, 2.45) is 5.10 Å². The zero-order valence-corrected chi connectivity index (χ0v) is 10.5. The molecule has 5 nitrogen and oxygen atoms in total. The molecule has 0 radical (unpaired) electrons. The van der Waals surface area contributed by atoms with Crippen LogP contribution < -0.4 is 5.43 Å². The summed E-state index contributed by atoms with van der Waals surface area (Å²) >= 11 is 0. The summed E-state index contributed by atoms with van der Waals surface area (Å²) in [5.41, 5.74) is 3.90. The van der Waals surface area contributed by atoms with E-state index in [4.69, 9.17) is 4.42 Å². The van der Waals surface area contributed by atoms with Crippen LogP contribution in [0.4, 0.5) is 0 Å². The predicted molar refractivity (Wildman–Crippen MR) is 75.5 cm³/mol. The van der Waals surface area contributed by atoms with Crippen molar-refractivity contribution >= 4 is 23.1 Å². The smallest absolute Gasteiger partial charge is 0.307 e. The number of benzene rings is 1. The van der Waals surface area contributed by atoms with Crippen LogP contribution in [-0.2, 0) is 0 Å². The van der Waals surface area contributed by atoms with E-state index in [2.05, 4.69) is 15.5 Å². The van der Waals surface area contributed by atoms with Crippen molar-refractivity contribution in [2.45, 2.75) is 0 Å². The molecule has 0 fully saturated rings. The molecule has 5 heteroatoms. The van der Waals surface area contributed by atoms with Crippen LogP contribution >= 0.6 is 0 Å². The first-order valence-electron chi connectivity index (χ1n) is 6.05. The summed E-state index contributed by atoms with van der Waals surface area (Å²) in [4.78, 5) is 15.8. The fourth-order valence-corrected chi connectivity index (χ4v) is 1.77. The number of carbonyl (C=O) groups excluding carboxylic acids is 1. The Kier molecular flexibility index (Phi) is 3.24. The minimum atomic E-state index is -0.388. The summed E-state index contributed by atoms with van der Waals surface area (Å²) in [5, 5.41) is 4.75. The van der Waals surface area contributed by atoms with Crippen LogP contribution in [0.5, 0.6) is 0 Å². The molecule has 2 aromatic heterocycles. The maximum Gasteiger partial charge on any atom is 0.307 e. The predicted octanol–water partition coefficient (Wildman–Crippen LogP) is 2.59. The number of nitrogens with zero attached hydrogens (tertiary/aromatic N) is 2. The standard InChI is InChI=1S/C15H11N3O2/c19-15(18-17-10-11-4-3-7-16-9-11)14-8-12-5-1-2-6-13(12)20-14/h1-10H,(H,18,19)/b17-10-.